The molecule has 1 unspecified atom stereocenters. The third-order valence-corrected chi connectivity index (χ3v) is 7.36. The zero-order valence-electron chi connectivity index (χ0n) is 20.6. The number of H-pyrrole nitrogens is 1. The van der Waals surface area contributed by atoms with Gasteiger partial charge in [0, 0.05) is 72.4 Å². The molecule has 8 heteroatoms. The smallest absolute Gasteiger partial charge is 0.317 e. The topological polar surface area (TPSA) is 90.0 Å². The van der Waals surface area contributed by atoms with Crippen molar-refractivity contribution >= 4 is 16.9 Å². The molecular weight excluding hydrogens is 450 g/mol. The van der Waals surface area contributed by atoms with E-state index in [4.69, 9.17) is 0 Å². The monoisotopic (exact) mass is 481 g/mol. The van der Waals surface area contributed by atoms with E-state index in [2.05, 4.69) is 54.6 Å². The van der Waals surface area contributed by atoms with E-state index in [0.29, 0.717) is 13.1 Å². The summed E-state index contributed by atoms with van der Waals surface area (Å²) in [7, 11) is 0. The number of likely N-dealkylation sites (tertiary alicyclic amines) is 1. The Balaban J connectivity index is 1.11. The van der Waals surface area contributed by atoms with Crippen LogP contribution in [0.15, 0.2) is 54.9 Å². The van der Waals surface area contributed by atoms with Crippen LogP contribution < -0.4 is 5.32 Å². The van der Waals surface area contributed by atoms with Crippen molar-refractivity contribution in [3.05, 3.63) is 77.4 Å². The molecule has 2 aliphatic heterocycles. The van der Waals surface area contributed by atoms with Crippen LogP contribution in [-0.2, 0) is 19.5 Å². The molecule has 1 fully saturated rings. The SMILES string of the molecule is Cc1cc(-c2n[nH]c3c2CN(C(=O)NC2CCCN(Cc4ccnc5ccccc45)C2)CC3)ccn1. The predicted molar refractivity (Wildman–Crippen MR) is 139 cm³/mol. The molecule has 1 atom stereocenters. The van der Waals surface area contributed by atoms with Crippen molar-refractivity contribution < 1.29 is 4.79 Å². The van der Waals surface area contributed by atoms with Gasteiger partial charge in [0.2, 0.25) is 0 Å². The van der Waals surface area contributed by atoms with E-state index in [9.17, 15) is 4.79 Å². The van der Waals surface area contributed by atoms with Gasteiger partial charge in [-0.2, -0.15) is 5.10 Å². The van der Waals surface area contributed by atoms with Crippen molar-refractivity contribution in [3.8, 4) is 11.3 Å². The number of hydrogen-bond acceptors (Lipinski definition) is 5. The molecule has 2 aliphatic rings. The third kappa shape index (κ3) is 4.56. The average Bonchev–Trinajstić information content (AvgIpc) is 3.33. The van der Waals surface area contributed by atoms with Crippen molar-refractivity contribution in [2.24, 2.45) is 0 Å². The number of rotatable bonds is 4. The first kappa shape index (κ1) is 22.7. The van der Waals surface area contributed by atoms with E-state index < -0.39 is 0 Å². The summed E-state index contributed by atoms with van der Waals surface area (Å²) in [6, 6.07) is 14.6. The van der Waals surface area contributed by atoms with Crippen molar-refractivity contribution in [2.75, 3.05) is 19.6 Å². The Morgan fingerprint density at radius 3 is 2.94 bits per heavy atom. The molecule has 0 aliphatic carbocycles. The van der Waals surface area contributed by atoms with Crippen LogP contribution in [0.2, 0.25) is 0 Å². The number of carbonyl (C=O) groups is 1. The normalized spacial score (nSPS) is 18.2. The standard InChI is InChI=1S/C28H31N7O/c1-19-15-20(8-11-29-19)27-24-18-35(14-10-26(24)32-33-27)28(36)31-22-5-4-13-34(17-22)16-21-9-12-30-25-7-3-2-6-23(21)25/h2-3,6-9,11-12,15,22H,4-5,10,13-14,16-18H2,1H3,(H,31,36)(H,32,33). The third-order valence-electron chi connectivity index (χ3n) is 7.36. The van der Waals surface area contributed by atoms with E-state index in [-0.39, 0.29) is 12.1 Å². The lowest BCUT2D eigenvalue weighted by Crippen LogP contribution is -2.52. The maximum atomic E-state index is 13.3. The molecule has 4 aromatic rings. The number of urea groups is 1. The molecule has 3 aromatic heterocycles. The van der Waals surface area contributed by atoms with Crippen molar-refractivity contribution in [1.29, 1.82) is 0 Å². The molecule has 0 bridgehead atoms. The van der Waals surface area contributed by atoms with E-state index in [1.807, 2.05) is 42.4 Å². The van der Waals surface area contributed by atoms with Gasteiger partial charge in [-0.15, -0.1) is 0 Å². The summed E-state index contributed by atoms with van der Waals surface area (Å²) in [5.74, 6) is 0. The van der Waals surface area contributed by atoms with Crippen LogP contribution in [0.25, 0.3) is 22.2 Å². The number of nitrogens with zero attached hydrogens (tertiary/aromatic N) is 5. The number of nitrogens with one attached hydrogen (secondary N) is 2. The number of aromatic nitrogens is 4. The molecule has 0 saturated carbocycles. The van der Waals surface area contributed by atoms with Gasteiger partial charge in [-0.25, -0.2) is 4.79 Å². The highest BCUT2D eigenvalue weighted by Crippen LogP contribution is 2.29. The Morgan fingerprint density at radius 2 is 2.03 bits per heavy atom. The fourth-order valence-electron chi connectivity index (χ4n) is 5.52. The number of amides is 2. The highest BCUT2D eigenvalue weighted by molar-refractivity contribution is 5.81. The molecule has 1 aromatic carbocycles. The molecule has 0 radical (unpaired) electrons. The molecule has 2 amide bonds. The van der Waals surface area contributed by atoms with Crippen LogP contribution in [0, 0.1) is 6.92 Å². The van der Waals surface area contributed by atoms with Gasteiger partial charge < -0.3 is 10.2 Å². The second-order valence-electron chi connectivity index (χ2n) is 9.90. The van der Waals surface area contributed by atoms with Crippen LogP contribution in [0.4, 0.5) is 4.79 Å². The maximum absolute atomic E-state index is 13.3. The van der Waals surface area contributed by atoms with E-state index in [1.165, 1.54) is 10.9 Å². The van der Waals surface area contributed by atoms with E-state index >= 15 is 0 Å². The lowest BCUT2D eigenvalue weighted by Gasteiger charge is -2.35. The zero-order valence-corrected chi connectivity index (χ0v) is 20.6. The van der Waals surface area contributed by atoms with Crippen molar-refractivity contribution in [1.82, 2.24) is 35.3 Å². The number of carbonyl (C=O) groups excluding carboxylic acids is 1. The first-order chi connectivity index (χ1) is 17.6. The van der Waals surface area contributed by atoms with E-state index in [1.54, 1.807) is 0 Å². The summed E-state index contributed by atoms with van der Waals surface area (Å²) < 4.78 is 0. The number of aryl methyl sites for hydroxylation is 1. The summed E-state index contributed by atoms with van der Waals surface area (Å²) in [6.07, 6.45) is 6.56. The Bertz CT molecular complexity index is 1390. The second-order valence-corrected chi connectivity index (χ2v) is 9.90. The van der Waals surface area contributed by atoms with Gasteiger partial charge in [0.25, 0.3) is 0 Å². The van der Waals surface area contributed by atoms with Gasteiger partial charge in [0.1, 0.15) is 0 Å². The fraction of sp³-hybridized carbons (Fsp3) is 0.357. The quantitative estimate of drug-likeness (QED) is 0.459. The van der Waals surface area contributed by atoms with Gasteiger partial charge >= 0.3 is 6.03 Å². The molecule has 36 heavy (non-hydrogen) atoms. The summed E-state index contributed by atoms with van der Waals surface area (Å²) in [6.45, 7) is 6.00. The molecule has 0 spiro atoms. The number of hydrogen-bond donors (Lipinski definition) is 2. The van der Waals surface area contributed by atoms with E-state index in [0.717, 1.165) is 72.6 Å². The fourth-order valence-corrected chi connectivity index (χ4v) is 5.52. The molecule has 2 N–H and O–H groups in total. The second kappa shape index (κ2) is 9.70. The first-order valence-electron chi connectivity index (χ1n) is 12.7. The number of para-hydroxylation sites is 1. The van der Waals surface area contributed by atoms with Gasteiger partial charge in [0.15, 0.2) is 0 Å². The van der Waals surface area contributed by atoms with Gasteiger partial charge in [-0.1, -0.05) is 18.2 Å². The number of piperidine rings is 1. The Kier molecular flexibility index (Phi) is 6.11. The summed E-state index contributed by atoms with van der Waals surface area (Å²) in [4.78, 5) is 26.4. The predicted octanol–water partition coefficient (Wildman–Crippen LogP) is 4.06. The minimum absolute atomic E-state index is 0.0138. The molecule has 6 rings (SSSR count). The van der Waals surface area contributed by atoms with Gasteiger partial charge in [-0.3, -0.25) is 20.0 Å². The highest BCUT2D eigenvalue weighted by Gasteiger charge is 2.28. The largest absolute Gasteiger partial charge is 0.334 e. The Hall–Kier alpha value is -3.78. The lowest BCUT2D eigenvalue weighted by molar-refractivity contribution is 0.160. The van der Waals surface area contributed by atoms with Crippen LogP contribution in [-0.4, -0.2) is 61.7 Å². The lowest BCUT2D eigenvalue weighted by atomic mass is 10.0. The van der Waals surface area contributed by atoms with Crippen LogP contribution in [0.1, 0.15) is 35.4 Å². The minimum Gasteiger partial charge on any atom is -0.334 e. The zero-order chi connectivity index (χ0) is 24.5. The Morgan fingerprint density at radius 1 is 1.14 bits per heavy atom. The molecular formula is C28H31N7O. The highest BCUT2D eigenvalue weighted by atomic mass is 16.2. The summed E-state index contributed by atoms with van der Waals surface area (Å²) in [5, 5.41) is 12.3. The van der Waals surface area contributed by atoms with Crippen LogP contribution in [0.3, 0.4) is 0 Å². The maximum Gasteiger partial charge on any atom is 0.317 e. The van der Waals surface area contributed by atoms with Crippen molar-refractivity contribution in [2.45, 2.75) is 45.3 Å². The minimum atomic E-state index is 0.0138. The van der Waals surface area contributed by atoms with Crippen molar-refractivity contribution in [3.63, 3.8) is 0 Å². The summed E-state index contributed by atoms with van der Waals surface area (Å²) in [5.41, 5.74) is 7.46. The summed E-state index contributed by atoms with van der Waals surface area (Å²) >= 11 is 0. The first-order valence-corrected chi connectivity index (χ1v) is 12.7. The Labute approximate surface area is 210 Å². The van der Waals surface area contributed by atoms with Gasteiger partial charge in [0.05, 0.1) is 17.8 Å². The van der Waals surface area contributed by atoms with Gasteiger partial charge in [-0.05, 0) is 56.1 Å². The number of fused-ring (bicyclic) bond motifs is 2. The van der Waals surface area contributed by atoms with Crippen LogP contribution in [0.5, 0.6) is 0 Å². The molecule has 5 heterocycles. The number of pyridine rings is 2. The molecule has 1 saturated heterocycles. The number of aromatic amines is 1. The molecule has 184 valence electrons. The number of benzene rings is 1. The van der Waals surface area contributed by atoms with Crippen LogP contribution >= 0.6 is 0 Å². The molecule has 8 nitrogen and oxygen atoms in total. The average molecular weight is 482 g/mol.